The number of rotatable bonds is 6. The van der Waals surface area contributed by atoms with Crippen molar-refractivity contribution in [2.24, 2.45) is 5.73 Å². The zero-order valence-electron chi connectivity index (χ0n) is 14.0. The van der Waals surface area contributed by atoms with Crippen LogP contribution in [0.1, 0.15) is 31.4 Å². The number of amides is 1. The Balaban J connectivity index is 2.13. The van der Waals surface area contributed by atoms with Gasteiger partial charge in [-0.15, -0.1) is 0 Å². The molecule has 1 saturated heterocycles. The Kier molecular flexibility index (Phi) is 6.36. The highest BCUT2D eigenvalue weighted by atomic mass is 19.1. The van der Waals surface area contributed by atoms with E-state index >= 15 is 0 Å². The Morgan fingerprint density at radius 3 is 2.70 bits per heavy atom. The van der Waals surface area contributed by atoms with E-state index < -0.39 is 0 Å². The molecule has 1 fully saturated rings. The molecule has 3 N–H and O–H groups in total. The van der Waals surface area contributed by atoms with Gasteiger partial charge in [0, 0.05) is 43.9 Å². The van der Waals surface area contributed by atoms with E-state index in [9.17, 15) is 9.18 Å². The van der Waals surface area contributed by atoms with E-state index in [0.717, 1.165) is 37.4 Å². The van der Waals surface area contributed by atoms with Gasteiger partial charge in [-0.1, -0.05) is 0 Å². The summed E-state index contributed by atoms with van der Waals surface area (Å²) in [6.07, 6.45) is 1.06. The van der Waals surface area contributed by atoms with E-state index in [1.807, 2.05) is 13.0 Å². The van der Waals surface area contributed by atoms with Gasteiger partial charge in [-0.3, -0.25) is 4.79 Å². The average Bonchev–Trinajstić information content (AvgIpc) is 2.53. The Morgan fingerprint density at radius 1 is 1.35 bits per heavy atom. The van der Waals surface area contributed by atoms with Crippen LogP contribution in [0, 0.1) is 5.82 Å². The van der Waals surface area contributed by atoms with Crippen molar-refractivity contribution in [3.63, 3.8) is 0 Å². The van der Waals surface area contributed by atoms with Crippen LogP contribution in [0.3, 0.4) is 0 Å². The fraction of sp³-hybridized carbons (Fsp3) is 0.588. The van der Waals surface area contributed by atoms with Crippen molar-refractivity contribution >= 4 is 11.6 Å². The van der Waals surface area contributed by atoms with Gasteiger partial charge in [-0.25, -0.2) is 4.39 Å². The predicted molar refractivity (Wildman–Crippen MR) is 91.0 cm³/mol. The first-order chi connectivity index (χ1) is 11.0. The lowest BCUT2D eigenvalue weighted by molar-refractivity contribution is -0.121. The number of carbonyl (C=O) groups excluding carboxylic acids is 1. The van der Waals surface area contributed by atoms with Crippen molar-refractivity contribution in [1.82, 2.24) is 10.2 Å². The van der Waals surface area contributed by atoms with E-state index in [4.69, 9.17) is 5.73 Å². The zero-order valence-corrected chi connectivity index (χ0v) is 14.0. The third-order valence-corrected chi connectivity index (χ3v) is 4.29. The molecule has 1 aromatic rings. The van der Waals surface area contributed by atoms with Crippen molar-refractivity contribution in [2.75, 3.05) is 44.7 Å². The molecule has 0 aromatic heterocycles. The minimum Gasteiger partial charge on any atom is -0.369 e. The molecular weight excluding hydrogens is 295 g/mol. The third kappa shape index (κ3) is 4.91. The lowest BCUT2D eigenvalue weighted by Gasteiger charge is -2.36. The number of hydrogen-bond acceptors (Lipinski definition) is 4. The van der Waals surface area contributed by atoms with E-state index in [1.54, 1.807) is 0 Å². The van der Waals surface area contributed by atoms with Crippen LogP contribution in [0.5, 0.6) is 0 Å². The molecule has 0 aliphatic carbocycles. The smallest absolute Gasteiger partial charge is 0.220 e. The number of likely N-dealkylation sites (N-methyl/N-ethyl adjacent to an activating group) is 1. The summed E-state index contributed by atoms with van der Waals surface area (Å²) >= 11 is 0. The summed E-state index contributed by atoms with van der Waals surface area (Å²) in [7, 11) is 2.10. The van der Waals surface area contributed by atoms with Crippen molar-refractivity contribution in [3.05, 3.63) is 29.6 Å². The van der Waals surface area contributed by atoms with Gasteiger partial charge in [-0.2, -0.15) is 0 Å². The number of hydrogen-bond donors (Lipinski definition) is 2. The second-order valence-electron chi connectivity index (χ2n) is 6.17. The molecule has 1 unspecified atom stereocenters. The third-order valence-electron chi connectivity index (χ3n) is 4.29. The maximum absolute atomic E-state index is 13.7. The van der Waals surface area contributed by atoms with Crippen LogP contribution in [-0.4, -0.2) is 50.6 Å². The first-order valence-electron chi connectivity index (χ1n) is 8.23. The van der Waals surface area contributed by atoms with Gasteiger partial charge in [0.2, 0.25) is 5.91 Å². The van der Waals surface area contributed by atoms with Gasteiger partial charge in [0.1, 0.15) is 5.82 Å². The lowest BCUT2D eigenvalue weighted by atomic mass is 10.0. The maximum Gasteiger partial charge on any atom is 0.220 e. The van der Waals surface area contributed by atoms with Crippen LogP contribution in [0.4, 0.5) is 10.1 Å². The minimum absolute atomic E-state index is 0.0449. The first-order valence-corrected chi connectivity index (χ1v) is 8.23. The van der Waals surface area contributed by atoms with Gasteiger partial charge >= 0.3 is 0 Å². The van der Waals surface area contributed by atoms with Crippen molar-refractivity contribution < 1.29 is 9.18 Å². The summed E-state index contributed by atoms with van der Waals surface area (Å²) in [5.41, 5.74) is 7.27. The lowest BCUT2D eigenvalue weighted by Crippen LogP contribution is -2.45. The van der Waals surface area contributed by atoms with Crippen molar-refractivity contribution in [2.45, 2.75) is 25.8 Å². The van der Waals surface area contributed by atoms with Gasteiger partial charge in [0.05, 0.1) is 6.04 Å². The molecule has 1 aliphatic heterocycles. The summed E-state index contributed by atoms with van der Waals surface area (Å²) in [6, 6.07) is 4.60. The highest BCUT2D eigenvalue weighted by Crippen LogP contribution is 2.28. The van der Waals surface area contributed by atoms with Crippen LogP contribution in [-0.2, 0) is 4.79 Å². The zero-order chi connectivity index (χ0) is 16.8. The van der Waals surface area contributed by atoms with E-state index in [1.165, 1.54) is 12.1 Å². The maximum atomic E-state index is 13.7. The van der Waals surface area contributed by atoms with Crippen LogP contribution in [0.2, 0.25) is 0 Å². The van der Waals surface area contributed by atoms with E-state index in [0.29, 0.717) is 19.4 Å². The van der Waals surface area contributed by atoms with Crippen LogP contribution >= 0.6 is 0 Å². The SMILES string of the molecule is CC(NC(=O)CCCN)c1cc(F)ccc1N1CCN(C)CC1. The van der Waals surface area contributed by atoms with Gasteiger partial charge < -0.3 is 20.9 Å². The topological polar surface area (TPSA) is 61.6 Å². The molecule has 23 heavy (non-hydrogen) atoms. The molecule has 1 amide bonds. The Labute approximate surface area is 137 Å². The fourth-order valence-electron chi connectivity index (χ4n) is 2.86. The molecule has 0 bridgehead atoms. The van der Waals surface area contributed by atoms with Gasteiger partial charge in [0.25, 0.3) is 0 Å². The number of halogens is 1. The quantitative estimate of drug-likeness (QED) is 0.833. The molecule has 2 rings (SSSR count). The number of piperazine rings is 1. The molecule has 1 heterocycles. The Hall–Kier alpha value is -1.66. The molecule has 1 aromatic carbocycles. The predicted octanol–water partition coefficient (Wildman–Crippen LogP) is 1.49. The highest BCUT2D eigenvalue weighted by molar-refractivity contribution is 5.76. The van der Waals surface area contributed by atoms with E-state index in [2.05, 4.69) is 22.2 Å². The summed E-state index contributed by atoms with van der Waals surface area (Å²) in [4.78, 5) is 16.5. The fourth-order valence-corrected chi connectivity index (χ4v) is 2.86. The largest absolute Gasteiger partial charge is 0.369 e. The summed E-state index contributed by atoms with van der Waals surface area (Å²) < 4.78 is 13.7. The summed E-state index contributed by atoms with van der Waals surface area (Å²) in [5, 5.41) is 2.95. The number of nitrogens with one attached hydrogen (secondary N) is 1. The number of nitrogens with two attached hydrogens (primary N) is 1. The number of anilines is 1. The summed E-state index contributed by atoms with van der Waals surface area (Å²) in [5.74, 6) is -0.322. The molecular formula is C17H27FN4O. The molecule has 0 spiro atoms. The standard InChI is InChI=1S/C17H27FN4O/c1-13(20-17(23)4-3-7-19)15-12-14(18)5-6-16(15)22-10-8-21(2)9-11-22/h5-6,12-13H,3-4,7-11,19H2,1-2H3,(H,20,23). The van der Waals surface area contributed by atoms with Gasteiger partial charge in [0.15, 0.2) is 0 Å². The molecule has 1 atom stereocenters. The van der Waals surface area contributed by atoms with Gasteiger partial charge in [-0.05, 0) is 45.1 Å². The van der Waals surface area contributed by atoms with Crippen molar-refractivity contribution in [3.8, 4) is 0 Å². The Bertz CT molecular complexity index is 529. The molecule has 128 valence electrons. The van der Waals surface area contributed by atoms with Crippen LogP contribution in [0.25, 0.3) is 0 Å². The molecule has 5 nitrogen and oxygen atoms in total. The summed E-state index contributed by atoms with van der Waals surface area (Å²) in [6.45, 7) is 6.16. The number of nitrogens with zero attached hydrogens (tertiary/aromatic N) is 2. The van der Waals surface area contributed by atoms with Crippen LogP contribution in [0.15, 0.2) is 18.2 Å². The first kappa shape index (κ1) is 17.7. The molecule has 0 saturated carbocycles. The second kappa shape index (κ2) is 8.26. The minimum atomic E-state index is -0.277. The normalized spacial score (nSPS) is 17.1. The highest BCUT2D eigenvalue weighted by Gasteiger charge is 2.21. The second-order valence-corrected chi connectivity index (χ2v) is 6.17. The molecule has 6 heteroatoms. The molecule has 0 radical (unpaired) electrons. The van der Waals surface area contributed by atoms with Crippen molar-refractivity contribution in [1.29, 1.82) is 0 Å². The number of carbonyl (C=O) groups is 1. The molecule has 1 aliphatic rings. The van der Waals surface area contributed by atoms with E-state index in [-0.39, 0.29) is 17.8 Å². The Morgan fingerprint density at radius 2 is 2.04 bits per heavy atom. The van der Waals surface area contributed by atoms with Crippen LogP contribution < -0.4 is 16.0 Å². The average molecular weight is 322 g/mol. The number of benzene rings is 1. The monoisotopic (exact) mass is 322 g/mol.